The van der Waals surface area contributed by atoms with Crippen molar-refractivity contribution in [1.29, 1.82) is 5.26 Å². The average Bonchev–Trinajstić information content (AvgIpc) is 2.78. The van der Waals surface area contributed by atoms with Crippen molar-refractivity contribution >= 4 is 5.69 Å². The molecular weight excluding hydrogens is 340 g/mol. The van der Waals surface area contributed by atoms with Crippen LogP contribution in [-0.2, 0) is 0 Å². The molecule has 0 aromatic heterocycles. The maximum atomic E-state index is 10.7. The van der Waals surface area contributed by atoms with Crippen LogP contribution in [0, 0.1) is 23.2 Å². The summed E-state index contributed by atoms with van der Waals surface area (Å²) in [6.07, 6.45) is 9.77. The molecular formula is C26H30N2. The third kappa shape index (κ3) is 2.67. The fourth-order valence-corrected chi connectivity index (χ4v) is 6.79. The fourth-order valence-electron chi connectivity index (χ4n) is 6.79. The molecule has 1 saturated heterocycles. The van der Waals surface area contributed by atoms with Gasteiger partial charge >= 0.3 is 0 Å². The number of benzene rings is 2. The van der Waals surface area contributed by atoms with Crippen LogP contribution >= 0.6 is 0 Å². The molecule has 0 radical (unpaired) electrons. The zero-order chi connectivity index (χ0) is 19.0. The van der Waals surface area contributed by atoms with Gasteiger partial charge in [-0.15, -0.1) is 0 Å². The number of hydrogen-bond donors (Lipinski definition) is 0. The number of nitrogens with zero attached hydrogens (tertiary/aromatic N) is 2. The molecule has 3 aliphatic rings. The molecule has 2 saturated carbocycles. The molecule has 0 amide bonds. The van der Waals surface area contributed by atoms with Crippen LogP contribution in [0.3, 0.4) is 0 Å². The van der Waals surface area contributed by atoms with Crippen LogP contribution in [0.25, 0.3) is 0 Å². The summed E-state index contributed by atoms with van der Waals surface area (Å²) in [6.45, 7) is 0. The van der Waals surface area contributed by atoms with Crippen molar-refractivity contribution in [3.63, 3.8) is 0 Å². The molecule has 1 aliphatic heterocycles. The summed E-state index contributed by atoms with van der Waals surface area (Å²) in [4.78, 5) is 2.61. The quantitative estimate of drug-likeness (QED) is 0.620. The molecule has 2 aromatic carbocycles. The lowest BCUT2D eigenvalue weighted by molar-refractivity contribution is 0.0654. The van der Waals surface area contributed by atoms with E-state index in [1.54, 1.807) is 0 Å². The Balaban J connectivity index is 1.69. The summed E-state index contributed by atoms with van der Waals surface area (Å²) in [6, 6.07) is 25.4. The molecule has 144 valence electrons. The molecule has 0 bridgehead atoms. The Bertz CT molecular complexity index is 840. The van der Waals surface area contributed by atoms with E-state index in [4.69, 9.17) is 0 Å². The molecule has 3 fully saturated rings. The highest BCUT2D eigenvalue weighted by Crippen LogP contribution is 2.58. The lowest BCUT2D eigenvalue weighted by atomic mass is 9.55. The highest BCUT2D eigenvalue weighted by Gasteiger charge is 2.59. The smallest absolute Gasteiger partial charge is 0.131 e. The van der Waals surface area contributed by atoms with E-state index in [-0.39, 0.29) is 5.54 Å². The number of para-hydroxylation sites is 1. The topological polar surface area (TPSA) is 27.0 Å². The molecule has 1 heterocycles. The summed E-state index contributed by atoms with van der Waals surface area (Å²) >= 11 is 0. The van der Waals surface area contributed by atoms with E-state index in [0.29, 0.717) is 23.8 Å². The maximum absolute atomic E-state index is 10.7. The van der Waals surface area contributed by atoms with Crippen molar-refractivity contribution in [3.05, 3.63) is 66.2 Å². The minimum atomic E-state index is -0.362. The van der Waals surface area contributed by atoms with E-state index in [1.165, 1.54) is 56.2 Å². The van der Waals surface area contributed by atoms with Crippen LogP contribution in [0.15, 0.2) is 60.7 Å². The summed E-state index contributed by atoms with van der Waals surface area (Å²) in [7, 11) is 0. The van der Waals surface area contributed by atoms with Crippen LogP contribution in [0.1, 0.15) is 62.8 Å². The second-order valence-corrected chi connectivity index (χ2v) is 9.05. The third-order valence-corrected chi connectivity index (χ3v) is 7.79. The third-order valence-electron chi connectivity index (χ3n) is 7.79. The Kier molecular flexibility index (Phi) is 4.63. The van der Waals surface area contributed by atoms with Gasteiger partial charge in [0.1, 0.15) is 5.54 Å². The van der Waals surface area contributed by atoms with Crippen molar-refractivity contribution in [2.45, 2.75) is 68.9 Å². The molecule has 2 aliphatic carbocycles. The van der Waals surface area contributed by atoms with E-state index < -0.39 is 0 Å². The molecule has 2 heteroatoms. The van der Waals surface area contributed by atoms with Gasteiger partial charge in [-0.1, -0.05) is 74.2 Å². The molecule has 2 nitrogen and oxygen atoms in total. The largest absolute Gasteiger partial charge is 0.350 e. The number of hydrogen-bond acceptors (Lipinski definition) is 2. The van der Waals surface area contributed by atoms with E-state index in [1.807, 2.05) is 0 Å². The van der Waals surface area contributed by atoms with Crippen LogP contribution in [0.4, 0.5) is 5.69 Å². The highest BCUT2D eigenvalue weighted by atomic mass is 15.3. The first-order valence-electron chi connectivity index (χ1n) is 11.2. The van der Waals surface area contributed by atoms with Crippen LogP contribution in [-0.4, -0.2) is 11.6 Å². The lowest BCUT2D eigenvalue weighted by Crippen LogP contribution is -2.67. The summed E-state index contributed by atoms with van der Waals surface area (Å²) in [5, 5.41) is 10.7. The second kappa shape index (κ2) is 7.28. The van der Waals surface area contributed by atoms with Gasteiger partial charge in [-0.2, -0.15) is 5.26 Å². The number of anilines is 1. The van der Waals surface area contributed by atoms with Gasteiger partial charge in [0, 0.05) is 17.6 Å². The van der Waals surface area contributed by atoms with Crippen molar-refractivity contribution in [3.8, 4) is 6.07 Å². The minimum absolute atomic E-state index is 0.362. The Morgan fingerprint density at radius 3 is 2.25 bits per heavy atom. The summed E-state index contributed by atoms with van der Waals surface area (Å²) in [5.41, 5.74) is 2.37. The predicted molar refractivity (Wildman–Crippen MR) is 114 cm³/mol. The standard InChI is InChI=1S/C26H30N2/c27-19-26-18-10-9-16-23(26)25(20-11-3-1-4-12-20)22-15-7-8-17-24(22)28(26)21-13-5-2-6-14-21/h1-6,11-14,22-25H,7-10,15-18H2. The highest BCUT2D eigenvalue weighted by molar-refractivity contribution is 5.56. The normalized spacial score (nSPS) is 34.8. The van der Waals surface area contributed by atoms with Crippen molar-refractivity contribution in [1.82, 2.24) is 0 Å². The first-order chi connectivity index (χ1) is 13.8. The molecule has 2 aromatic rings. The Morgan fingerprint density at radius 1 is 0.821 bits per heavy atom. The fraction of sp³-hybridized carbons (Fsp3) is 0.500. The number of rotatable bonds is 2. The molecule has 28 heavy (non-hydrogen) atoms. The predicted octanol–water partition coefficient (Wildman–Crippen LogP) is 6.30. The molecule has 5 atom stereocenters. The average molecular weight is 371 g/mol. The van der Waals surface area contributed by atoms with Crippen molar-refractivity contribution in [2.75, 3.05) is 4.90 Å². The van der Waals surface area contributed by atoms with Gasteiger partial charge in [0.15, 0.2) is 0 Å². The Labute approximate surface area is 169 Å². The molecule has 5 rings (SSSR count). The lowest BCUT2D eigenvalue weighted by Gasteiger charge is -2.62. The van der Waals surface area contributed by atoms with Gasteiger partial charge in [-0.05, 0) is 55.2 Å². The van der Waals surface area contributed by atoms with Gasteiger partial charge in [-0.3, -0.25) is 0 Å². The van der Waals surface area contributed by atoms with E-state index >= 15 is 0 Å². The van der Waals surface area contributed by atoms with Crippen molar-refractivity contribution < 1.29 is 0 Å². The first kappa shape index (κ1) is 17.8. The Morgan fingerprint density at radius 2 is 1.50 bits per heavy atom. The van der Waals surface area contributed by atoms with Crippen LogP contribution in [0.2, 0.25) is 0 Å². The van der Waals surface area contributed by atoms with Gasteiger partial charge in [0.25, 0.3) is 0 Å². The number of piperidine rings is 1. The van der Waals surface area contributed by atoms with E-state index in [9.17, 15) is 5.26 Å². The molecule has 0 N–H and O–H groups in total. The van der Waals surface area contributed by atoms with Crippen LogP contribution < -0.4 is 4.90 Å². The molecule has 0 spiro atoms. The minimum Gasteiger partial charge on any atom is -0.350 e. The van der Waals surface area contributed by atoms with Crippen molar-refractivity contribution in [2.24, 2.45) is 11.8 Å². The number of fused-ring (bicyclic) bond motifs is 2. The van der Waals surface area contributed by atoms with Crippen LogP contribution in [0.5, 0.6) is 0 Å². The van der Waals surface area contributed by atoms with Gasteiger partial charge < -0.3 is 4.90 Å². The SMILES string of the molecule is N#CC12CCCCC1C(c1ccccc1)C1CCCCC1N2c1ccccc1. The van der Waals surface area contributed by atoms with Gasteiger partial charge in [-0.25, -0.2) is 0 Å². The van der Waals surface area contributed by atoms with E-state index in [0.717, 1.165) is 6.42 Å². The molecule has 5 unspecified atom stereocenters. The van der Waals surface area contributed by atoms with Gasteiger partial charge in [0.2, 0.25) is 0 Å². The first-order valence-corrected chi connectivity index (χ1v) is 11.2. The van der Waals surface area contributed by atoms with E-state index in [2.05, 4.69) is 71.6 Å². The zero-order valence-corrected chi connectivity index (χ0v) is 16.6. The Hall–Kier alpha value is -2.27. The zero-order valence-electron chi connectivity index (χ0n) is 16.6. The summed E-state index contributed by atoms with van der Waals surface area (Å²) < 4.78 is 0. The second-order valence-electron chi connectivity index (χ2n) is 9.05. The maximum Gasteiger partial charge on any atom is 0.131 e. The summed E-state index contributed by atoms with van der Waals surface area (Å²) in [5.74, 6) is 1.60. The number of nitriles is 1. The monoisotopic (exact) mass is 370 g/mol. The van der Waals surface area contributed by atoms with Gasteiger partial charge in [0.05, 0.1) is 6.07 Å².